The van der Waals surface area contributed by atoms with Crippen molar-refractivity contribution < 1.29 is 127 Å². The number of aromatic nitrogens is 3. The van der Waals surface area contributed by atoms with Crippen molar-refractivity contribution in [1.82, 2.24) is 15.0 Å². The van der Waals surface area contributed by atoms with E-state index in [2.05, 4.69) is 10.3 Å². The predicted octanol–water partition coefficient (Wildman–Crippen LogP) is -7.02. The summed E-state index contributed by atoms with van der Waals surface area (Å²) >= 11 is 0. The van der Waals surface area contributed by atoms with Gasteiger partial charge in [-0.05, 0) is 6.16 Å². The van der Waals surface area contributed by atoms with Crippen molar-refractivity contribution in [3.63, 3.8) is 0 Å². The van der Waals surface area contributed by atoms with Crippen LogP contribution in [0.5, 0.6) is 0 Å². The number of nitrogens with zero attached hydrogens (tertiary/aromatic N) is 3. The van der Waals surface area contributed by atoms with E-state index in [1.807, 2.05) is 0 Å². The fourth-order valence-corrected chi connectivity index (χ4v) is 2.63. The molecule has 0 aliphatic heterocycles. The molecule has 1 aromatic heterocycles. The summed E-state index contributed by atoms with van der Waals surface area (Å²) < 4.78 is 11.7. The fraction of sp³-hybridized carbons (Fsp3) is 0.167. The number of ketones is 2. The Morgan fingerprint density at radius 2 is 1.61 bits per heavy atom. The summed E-state index contributed by atoms with van der Waals surface area (Å²) in [5.74, 6) is -0.907. The van der Waals surface area contributed by atoms with Gasteiger partial charge in [-0.2, -0.15) is 0 Å². The van der Waals surface area contributed by atoms with Crippen LogP contribution in [0.4, 0.5) is 0 Å². The quantitative estimate of drug-likeness (QED) is 0.325. The molecular formula is C12H8K2N3O5P. The summed E-state index contributed by atoms with van der Waals surface area (Å²) in [4.78, 5) is 46.0. The molecule has 0 atom stereocenters. The molecule has 0 N–H and O–H groups in total. The van der Waals surface area contributed by atoms with Crippen molar-refractivity contribution in [3.8, 4) is 0 Å². The molecule has 0 bridgehead atoms. The molecule has 0 saturated carbocycles. The second-order valence-electron chi connectivity index (χ2n) is 4.55. The van der Waals surface area contributed by atoms with E-state index in [-0.39, 0.29) is 132 Å². The van der Waals surface area contributed by atoms with Gasteiger partial charge in [0.1, 0.15) is 5.69 Å². The van der Waals surface area contributed by atoms with Crippen LogP contribution in [-0.4, -0.2) is 32.7 Å². The molecular weight excluding hydrogens is 375 g/mol. The van der Waals surface area contributed by atoms with E-state index >= 15 is 0 Å². The normalized spacial score (nSPS) is 12.8. The standard InChI is InChI=1S/C12H10N3O5P.2K/c16-11-7-3-1-2-4-8(7)12(17)10-9(11)13-14-15(10)5-6-21(18,19)20;;/h1-4H,5-6H2,(H2,18,19,20);;/q;2*+1/p-2. The van der Waals surface area contributed by atoms with E-state index in [1.165, 1.54) is 12.1 Å². The minimum absolute atomic E-state index is 0. The minimum atomic E-state index is -4.73. The third-order valence-corrected chi connectivity index (χ3v) is 3.91. The van der Waals surface area contributed by atoms with Crippen LogP contribution in [0.15, 0.2) is 24.3 Å². The average molecular weight is 383 g/mol. The monoisotopic (exact) mass is 383 g/mol. The Kier molecular flexibility index (Phi) is 8.36. The number of hydrogen-bond acceptors (Lipinski definition) is 7. The summed E-state index contributed by atoms with van der Waals surface area (Å²) in [6.07, 6.45) is -0.702. The molecule has 108 valence electrons. The van der Waals surface area contributed by atoms with Gasteiger partial charge in [0, 0.05) is 17.7 Å². The summed E-state index contributed by atoms with van der Waals surface area (Å²) in [6.45, 7) is -0.312. The second kappa shape index (κ2) is 8.67. The van der Waals surface area contributed by atoms with Crippen LogP contribution in [0.2, 0.25) is 0 Å². The van der Waals surface area contributed by atoms with Crippen molar-refractivity contribution in [2.45, 2.75) is 6.54 Å². The summed E-state index contributed by atoms with van der Waals surface area (Å²) in [5.41, 5.74) is 0.254. The van der Waals surface area contributed by atoms with Crippen LogP contribution in [-0.2, 0) is 11.1 Å². The molecule has 3 rings (SSSR count). The maximum absolute atomic E-state index is 12.4. The Hall–Kier alpha value is 1.12. The first-order chi connectivity index (χ1) is 9.88. The van der Waals surface area contributed by atoms with Crippen LogP contribution in [0, 0.1) is 0 Å². The van der Waals surface area contributed by atoms with Gasteiger partial charge >= 0.3 is 103 Å². The Balaban J connectivity index is 0.00000132. The Morgan fingerprint density at radius 1 is 1.04 bits per heavy atom. The van der Waals surface area contributed by atoms with E-state index in [1.54, 1.807) is 12.1 Å². The molecule has 11 heteroatoms. The summed E-state index contributed by atoms with van der Waals surface area (Å²) in [7, 11) is -4.73. The molecule has 0 radical (unpaired) electrons. The molecule has 0 amide bonds. The summed E-state index contributed by atoms with van der Waals surface area (Å²) in [6, 6.07) is 6.26. The van der Waals surface area contributed by atoms with Crippen LogP contribution in [0.1, 0.15) is 32.1 Å². The third kappa shape index (κ3) is 4.65. The Morgan fingerprint density at radius 3 is 2.17 bits per heavy atom. The molecule has 23 heavy (non-hydrogen) atoms. The van der Waals surface area contributed by atoms with Gasteiger partial charge < -0.3 is 14.4 Å². The van der Waals surface area contributed by atoms with Gasteiger partial charge in [-0.15, -0.1) is 5.10 Å². The smallest absolute Gasteiger partial charge is 0.811 e. The zero-order chi connectivity index (χ0) is 15.2. The first-order valence-electron chi connectivity index (χ1n) is 6.01. The van der Waals surface area contributed by atoms with Gasteiger partial charge in [-0.25, -0.2) is 4.68 Å². The fourth-order valence-electron chi connectivity index (χ4n) is 2.20. The average Bonchev–Trinajstić information content (AvgIpc) is 2.86. The van der Waals surface area contributed by atoms with Crippen LogP contribution in [0.25, 0.3) is 0 Å². The van der Waals surface area contributed by atoms with Crippen LogP contribution < -0.4 is 113 Å². The van der Waals surface area contributed by atoms with Gasteiger partial charge in [-0.1, -0.05) is 37.1 Å². The van der Waals surface area contributed by atoms with Crippen LogP contribution >= 0.6 is 7.60 Å². The maximum Gasteiger partial charge on any atom is 1.00 e. The first kappa shape index (κ1) is 22.2. The van der Waals surface area contributed by atoms with Crippen molar-refractivity contribution in [2.24, 2.45) is 0 Å². The Labute approximate surface area is 216 Å². The molecule has 0 fully saturated rings. The largest absolute Gasteiger partial charge is 1.00 e. The van der Waals surface area contributed by atoms with E-state index in [9.17, 15) is 23.9 Å². The van der Waals surface area contributed by atoms with Gasteiger partial charge in [0.05, 0.1) is 0 Å². The van der Waals surface area contributed by atoms with Crippen molar-refractivity contribution in [3.05, 3.63) is 46.8 Å². The number of fused-ring (bicyclic) bond motifs is 2. The molecule has 0 saturated heterocycles. The topological polar surface area (TPSA) is 128 Å². The number of hydrogen-bond donors (Lipinski definition) is 0. The molecule has 0 spiro atoms. The molecule has 1 aliphatic carbocycles. The van der Waals surface area contributed by atoms with Crippen molar-refractivity contribution in [2.75, 3.05) is 6.16 Å². The second-order valence-corrected chi connectivity index (χ2v) is 6.22. The van der Waals surface area contributed by atoms with Crippen LogP contribution in [0.3, 0.4) is 0 Å². The SMILES string of the molecule is O=C1c2ccccc2C(=O)c2c1nnn2CCP(=O)([O-])[O-].[K+].[K+]. The van der Waals surface area contributed by atoms with Gasteiger partial charge in [0.2, 0.25) is 11.6 Å². The van der Waals surface area contributed by atoms with E-state index in [0.717, 1.165) is 4.68 Å². The molecule has 2 aromatic rings. The molecule has 8 nitrogen and oxygen atoms in total. The predicted molar refractivity (Wildman–Crippen MR) is 65.8 cm³/mol. The van der Waals surface area contributed by atoms with Crippen molar-refractivity contribution in [1.29, 1.82) is 0 Å². The number of rotatable bonds is 3. The minimum Gasteiger partial charge on any atom is -0.811 e. The molecule has 1 aromatic carbocycles. The van der Waals surface area contributed by atoms with Gasteiger partial charge in [0.25, 0.3) is 0 Å². The van der Waals surface area contributed by atoms with E-state index < -0.39 is 25.3 Å². The first-order valence-corrected chi connectivity index (χ1v) is 7.74. The third-order valence-electron chi connectivity index (χ3n) is 3.17. The molecule has 1 aliphatic rings. The summed E-state index contributed by atoms with van der Waals surface area (Å²) in [5, 5.41) is 7.25. The number of benzene rings is 1. The van der Waals surface area contributed by atoms with Gasteiger partial charge in [0.15, 0.2) is 5.69 Å². The van der Waals surface area contributed by atoms with Crippen molar-refractivity contribution >= 4 is 19.2 Å². The maximum atomic E-state index is 12.4. The molecule has 0 unspecified atom stereocenters. The zero-order valence-electron chi connectivity index (χ0n) is 12.6. The number of aryl methyl sites for hydroxylation is 1. The number of carbonyl (C=O) groups excluding carboxylic acids is 2. The van der Waals surface area contributed by atoms with Gasteiger partial charge in [-0.3, -0.25) is 9.59 Å². The Bertz CT molecular complexity index is 817. The number of carbonyl (C=O) groups is 2. The molecule has 1 heterocycles. The zero-order valence-corrected chi connectivity index (χ0v) is 19.7. The van der Waals surface area contributed by atoms with E-state index in [0.29, 0.717) is 0 Å². The van der Waals surface area contributed by atoms with E-state index in [4.69, 9.17) is 0 Å².